The van der Waals surface area contributed by atoms with E-state index in [1.807, 2.05) is 18.4 Å². The van der Waals surface area contributed by atoms with Crippen LogP contribution in [0.5, 0.6) is 0 Å². The number of aliphatic imine (C=N–C) groups is 1. The molecular weight excluding hydrogens is 469 g/mol. The van der Waals surface area contributed by atoms with Crippen LogP contribution in [0.3, 0.4) is 0 Å². The van der Waals surface area contributed by atoms with E-state index in [0.717, 1.165) is 25.0 Å². The molecule has 0 aromatic carbocycles. The van der Waals surface area contributed by atoms with Crippen LogP contribution in [-0.2, 0) is 19.4 Å². The quantitative estimate of drug-likeness (QED) is 0.363. The summed E-state index contributed by atoms with van der Waals surface area (Å²) >= 11 is 1.90. The topological polar surface area (TPSA) is 43.8 Å². The van der Waals surface area contributed by atoms with Crippen molar-refractivity contribution in [3.05, 3.63) is 15.6 Å². The average molecular weight is 506 g/mol. The highest BCUT2D eigenvalue weighted by atomic mass is 127. The number of rotatable bonds is 6. The molecule has 0 saturated carbocycles. The van der Waals surface area contributed by atoms with E-state index in [9.17, 15) is 0 Å². The molecule has 154 valence electrons. The van der Waals surface area contributed by atoms with Crippen LogP contribution in [0.4, 0.5) is 0 Å². The summed E-state index contributed by atoms with van der Waals surface area (Å²) in [5.74, 6) is 1.85. The van der Waals surface area contributed by atoms with Gasteiger partial charge in [-0.1, -0.05) is 6.92 Å². The molecule has 1 aliphatic carbocycles. The molecule has 1 fully saturated rings. The summed E-state index contributed by atoms with van der Waals surface area (Å²) in [6, 6.07) is 0. The summed E-state index contributed by atoms with van der Waals surface area (Å²) in [6.07, 6.45) is 8.94. The number of halogens is 1. The molecule has 1 aromatic heterocycles. The van der Waals surface area contributed by atoms with Crippen LogP contribution in [0.15, 0.2) is 4.99 Å². The fourth-order valence-corrected chi connectivity index (χ4v) is 5.33. The molecule has 1 aromatic rings. The lowest BCUT2D eigenvalue weighted by Gasteiger charge is -2.31. The van der Waals surface area contributed by atoms with Gasteiger partial charge in [-0.2, -0.15) is 0 Å². The first-order valence-corrected chi connectivity index (χ1v) is 11.1. The van der Waals surface area contributed by atoms with Gasteiger partial charge in [0, 0.05) is 25.5 Å². The van der Waals surface area contributed by atoms with E-state index >= 15 is 0 Å². The van der Waals surface area contributed by atoms with Gasteiger partial charge >= 0.3 is 0 Å². The molecule has 7 heteroatoms. The number of hydrogen-bond acceptors (Lipinski definition) is 4. The zero-order valence-corrected chi connectivity index (χ0v) is 20.3. The third-order valence-corrected chi connectivity index (χ3v) is 6.97. The number of guanidine groups is 1. The van der Waals surface area contributed by atoms with Gasteiger partial charge in [0.2, 0.25) is 0 Å². The third kappa shape index (κ3) is 6.56. The van der Waals surface area contributed by atoms with Crippen molar-refractivity contribution in [2.75, 3.05) is 40.3 Å². The minimum Gasteiger partial charge on any atom is -0.356 e. The molecule has 1 aliphatic heterocycles. The third-order valence-electron chi connectivity index (χ3n) is 5.83. The second-order valence-electron chi connectivity index (χ2n) is 7.68. The van der Waals surface area contributed by atoms with Crippen molar-refractivity contribution in [3.63, 3.8) is 0 Å². The van der Waals surface area contributed by atoms with Crippen molar-refractivity contribution < 1.29 is 0 Å². The molecule has 0 radical (unpaired) electrons. The number of thiazole rings is 1. The summed E-state index contributed by atoms with van der Waals surface area (Å²) in [7, 11) is 4.00. The van der Waals surface area contributed by atoms with Gasteiger partial charge in [0.1, 0.15) is 5.01 Å². The molecule has 2 heterocycles. The highest BCUT2D eigenvalue weighted by molar-refractivity contribution is 14.0. The van der Waals surface area contributed by atoms with Gasteiger partial charge in [-0.15, -0.1) is 35.3 Å². The first-order valence-electron chi connectivity index (χ1n) is 10.3. The molecule has 0 unspecified atom stereocenters. The number of likely N-dealkylation sites (tertiary alicyclic amines) is 1. The summed E-state index contributed by atoms with van der Waals surface area (Å²) in [6.45, 7) is 7.87. The molecule has 0 bridgehead atoms. The Labute approximate surface area is 186 Å². The predicted octanol–water partition coefficient (Wildman–Crippen LogP) is 3.77. The van der Waals surface area contributed by atoms with Gasteiger partial charge in [-0.25, -0.2) is 4.98 Å². The number of fused-ring (bicyclic) bond motifs is 1. The van der Waals surface area contributed by atoms with E-state index < -0.39 is 0 Å². The van der Waals surface area contributed by atoms with E-state index in [1.165, 1.54) is 80.2 Å². The number of aromatic nitrogens is 1. The van der Waals surface area contributed by atoms with Crippen LogP contribution in [0.25, 0.3) is 0 Å². The second-order valence-corrected chi connectivity index (χ2v) is 8.85. The maximum Gasteiger partial charge on any atom is 0.193 e. The molecule has 5 nitrogen and oxygen atoms in total. The Hall–Kier alpha value is -0.410. The minimum atomic E-state index is 0. The van der Waals surface area contributed by atoms with Crippen LogP contribution in [0.2, 0.25) is 0 Å². The van der Waals surface area contributed by atoms with Crippen LogP contribution in [0.1, 0.15) is 54.6 Å². The lowest BCUT2D eigenvalue weighted by atomic mass is 9.93. The van der Waals surface area contributed by atoms with Crippen molar-refractivity contribution in [2.45, 2.75) is 58.4 Å². The Kier molecular flexibility index (Phi) is 9.79. The lowest BCUT2D eigenvalue weighted by Crippen LogP contribution is -2.40. The highest BCUT2D eigenvalue weighted by Gasteiger charge is 2.19. The van der Waals surface area contributed by atoms with E-state index in [1.54, 1.807) is 0 Å². The van der Waals surface area contributed by atoms with Gasteiger partial charge in [0.15, 0.2) is 5.96 Å². The van der Waals surface area contributed by atoms with Gasteiger partial charge < -0.3 is 15.1 Å². The number of nitrogens with one attached hydrogen (secondary N) is 1. The van der Waals surface area contributed by atoms with Gasteiger partial charge in [0.05, 0.1) is 12.2 Å². The Bertz CT molecular complexity index is 572. The van der Waals surface area contributed by atoms with Crippen molar-refractivity contribution >= 4 is 41.3 Å². The number of piperidine rings is 1. The molecule has 0 atom stereocenters. The smallest absolute Gasteiger partial charge is 0.193 e. The largest absolute Gasteiger partial charge is 0.356 e. The maximum absolute atomic E-state index is 4.87. The first kappa shape index (κ1) is 22.9. The lowest BCUT2D eigenvalue weighted by molar-refractivity contribution is 0.187. The van der Waals surface area contributed by atoms with E-state index in [-0.39, 0.29) is 24.0 Å². The van der Waals surface area contributed by atoms with Crippen LogP contribution < -0.4 is 5.32 Å². The average Bonchev–Trinajstić information content (AvgIpc) is 3.07. The van der Waals surface area contributed by atoms with Crippen LogP contribution in [-0.4, -0.2) is 61.0 Å². The molecule has 2 aliphatic rings. The Morgan fingerprint density at radius 2 is 2.04 bits per heavy atom. The number of hydrogen-bond donors (Lipinski definition) is 1. The van der Waals surface area contributed by atoms with Gasteiger partial charge in [-0.05, 0) is 70.5 Å². The summed E-state index contributed by atoms with van der Waals surface area (Å²) in [5.41, 5.74) is 1.35. The fourth-order valence-electron chi connectivity index (χ4n) is 4.12. The van der Waals surface area contributed by atoms with Gasteiger partial charge in [-0.3, -0.25) is 4.99 Å². The summed E-state index contributed by atoms with van der Waals surface area (Å²) in [5, 5.41) is 4.79. The van der Waals surface area contributed by atoms with E-state index in [4.69, 9.17) is 4.98 Å². The fraction of sp³-hybridized carbons (Fsp3) is 0.800. The predicted molar refractivity (Wildman–Crippen MR) is 126 cm³/mol. The standard InChI is InChI=1S/C20H35N5S.HI/c1-4-25-13-10-16(11-14-25)9-12-22-20(21-2)24(3)15-19-23-17-7-5-6-8-18(17)26-19;/h16H,4-15H2,1-3H3,(H,21,22);1H. The Morgan fingerprint density at radius 1 is 1.30 bits per heavy atom. The van der Waals surface area contributed by atoms with Crippen LogP contribution in [0, 0.1) is 5.92 Å². The first-order chi connectivity index (χ1) is 12.7. The van der Waals surface area contributed by atoms with E-state index in [0.29, 0.717) is 0 Å². The van der Waals surface area contributed by atoms with Gasteiger partial charge in [0.25, 0.3) is 0 Å². The zero-order valence-electron chi connectivity index (χ0n) is 17.2. The molecule has 1 saturated heterocycles. The number of nitrogens with zero attached hydrogens (tertiary/aromatic N) is 4. The van der Waals surface area contributed by atoms with Crippen molar-refractivity contribution in [1.29, 1.82) is 0 Å². The van der Waals surface area contributed by atoms with Crippen LogP contribution >= 0.6 is 35.3 Å². The molecule has 0 spiro atoms. The second kappa shape index (κ2) is 11.6. The SMILES string of the molecule is CCN1CCC(CCNC(=NC)N(C)Cc2nc3c(s2)CCCC3)CC1.I. The monoisotopic (exact) mass is 505 g/mol. The molecule has 1 N–H and O–H groups in total. The Balaban J connectivity index is 0.00000261. The minimum absolute atomic E-state index is 0. The zero-order chi connectivity index (χ0) is 18.4. The van der Waals surface area contributed by atoms with Crippen molar-refractivity contribution in [3.8, 4) is 0 Å². The highest BCUT2D eigenvalue weighted by Crippen LogP contribution is 2.27. The Morgan fingerprint density at radius 3 is 2.70 bits per heavy atom. The van der Waals surface area contributed by atoms with Crippen molar-refractivity contribution in [1.82, 2.24) is 20.1 Å². The molecular formula is C20H36IN5S. The summed E-state index contributed by atoms with van der Waals surface area (Å²) < 4.78 is 0. The molecule has 27 heavy (non-hydrogen) atoms. The molecule has 0 amide bonds. The van der Waals surface area contributed by atoms with Crippen molar-refractivity contribution in [2.24, 2.45) is 10.9 Å². The maximum atomic E-state index is 4.87. The normalized spacial score (nSPS) is 18.7. The summed E-state index contributed by atoms with van der Waals surface area (Å²) in [4.78, 5) is 15.6. The number of aryl methyl sites for hydroxylation is 2. The molecule has 3 rings (SSSR count). The van der Waals surface area contributed by atoms with E-state index in [2.05, 4.69) is 34.1 Å².